The van der Waals surface area contributed by atoms with Crippen molar-refractivity contribution in [3.05, 3.63) is 54.0 Å². The van der Waals surface area contributed by atoms with Gasteiger partial charge in [-0.25, -0.2) is 9.37 Å². The largest absolute Gasteiger partial charge is 0.489 e. The van der Waals surface area contributed by atoms with Gasteiger partial charge in [0.1, 0.15) is 11.6 Å². The molecule has 0 bridgehead atoms. The minimum atomic E-state index is -2.67. The molecule has 0 unspecified atom stereocenters. The van der Waals surface area contributed by atoms with Gasteiger partial charge in [0.2, 0.25) is 0 Å². The van der Waals surface area contributed by atoms with E-state index in [0.29, 0.717) is 0 Å². The lowest BCUT2D eigenvalue weighted by molar-refractivity contribution is 0.0768. The minimum Gasteiger partial charge on any atom is -0.489 e. The monoisotopic (exact) mass is 356 g/mol. The third-order valence-electron chi connectivity index (χ3n) is 3.07. The quantitative estimate of drug-likeness (QED) is 0.710. The number of ether oxygens (including phenoxy) is 1. The number of likely N-dealkylation sites (N-methyl/N-ethyl adjacent to an activating group) is 1. The van der Waals surface area contributed by atoms with E-state index in [1.807, 2.05) is 0 Å². The van der Waals surface area contributed by atoms with Gasteiger partial charge in [0, 0.05) is 13.2 Å². The Balaban J connectivity index is 1.96. The Morgan fingerprint density at radius 2 is 2.04 bits per heavy atom. The van der Waals surface area contributed by atoms with Gasteiger partial charge < -0.3 is 9.64 Å². The van der Waals surface area contributed by atoms with Crippen LogP contribution in [0.2, 0.25) is 0 Å². The molecule has 0 saturated heterocycles. The Morgan fingerprint density at radius 3 is 2.75 bits per heavy atom. The van der Waals surface area contributed by atoms with E-state index in [4.69, 9.17) is 4.74 Å². The van der Waals surface area contributed by atoms with E-state index in [1.54, 1.807) is 12.1 Å². The normalized spacial score (nSPS) is 10.7. The van der Waals surface area contributed by atoms with E-state index in [-0.39, 0.29) is 41.3 Å². The van der Waals surface area contributed by atoms with Crippen LogP contribution in [0, 0.1) is 5.82 Å². The van der Waals surface area contributed by atoms with Crippen LogP contribution in [0.5, 0.6) is 5.75 Å². The number of aromatic nitrogens is 1. The van der Waals surface area contributed by atoms with Gasteiger partial charge in [-0.1, -0.05) is 12.1 Å². The molecule has 1 amide bonds. The fraction of sp³-hybridized carbons (Fsp3) is 0.250. The number of carbonyl (C=O) groups excluding carboxylic acids is 1. The van der Waals surface area contributed by atoms with Crippen molar-refractivity contribution in [2.45, 2.75) is 10.8 Å². The lowest BCUT2D eigenvalue weighted by atomic mass is 10.2. The van der Waals surface area contributed by atoms with E-state index in [0.717, 1.165) is 0 Å². The predicted molar refractivity (Wildman–Crippen MR) is 85.0 cm³/mol. The highest BCUT2D eigenvalue weighted by Crippen LogP contribution is 2.26. The van der Waals surface area contributed by atoms with Crippen molar-refractivity contribution >= 4 is 17.7 Å². The van der Waals surface area contributed by atoms with Crippen molar-refractivity contribution in [1.82, 2.24) is 9.88 Å². The van der Waals surface area contributed by atoms with E-state index in [1.165, 1.54) is 42.4 Å². The summed E-state index contributed by atoms with van der Waals surface area (Å²) in [6.07, 6.45) is 1.35. The lowest BCUT2D eigenvalue weighted by Gasteiger charge is -2.18. The maximum atomic E-state index is 13.4. The maximum Gasteiger partial charge on any atom is 0.290 e. The number of hydrogen-bond donors (Lipinski definition) is 0. The molecule has 4 nitrogen and oxygen atoms in total. The first-order valence-electron chi connectivity index (χ1n) is 7.01. The lowest BCUT2D eigenvalue weighted by Crippen LogP contribution is -2.31. The van der Waals surface area contributed by atoms with Gasteiger partial charge in [0.15, 0.2) is 11.6 Å². The zero-order valence-corrected chi connectivity index (χ0v) is 13.6. The predicted octanol–water partition coefficient (Wildman–Crippen LogP) is 3.69. The minimum absolute atomic E-state index is 0.0284. The van der Waals surface area contributed by atoms with E-state index < -0.39 is 17.5 Å². The molecule has 2 rings (SSSR count). The van der Waals surface area contributed by atoms with Crippen LogP contribution in [0.3, 0.4) is 0 Å². The van der Waals surface area contributed by atoms with Gasteiger partial charge in [-0.2, -0.15) is 8.78 Å². The number of pyridine rings is 1. The maximum absolute atomic E-state index is 13.4. The molecule has 0 spiro atoms. The molecule has 1 aromatic carbocycles. The Hall–Kier alpha value is -2.22. The van der Waals surface area contributed by atoms with Gasteiger partial charge in [-0.3, -0.25) is 4.79 Å². The van der Waals surface area contributed by atoms with Crippen LogP contribution in [0.15, 0.2) is 47.6 Å². The number of hydrogen-bond acceptors (Lipinski definition) is 4. The summed E-state index contributed by atoms with van der Waals surface area (Å²) >= 11 is 0.221. The summed E-state index contributed by atoms with van der Waals surface area (Å²) in [7, 11) is 1.51. The zero-order valence-electron chi connectivity index (χ0n) is 12.8. The summed E-state index contributed by atoms with van der Waals surface area (Å²) in [4.78, 5) is 17.5. The second-order valence-electron chi connectivity index (χ2n) is 4.74. The average molecular weight is 356 g/mol. The number of halogens is 3. The summed E-state index contributed by atoms with van der Waals surface area (Å²) in [6.45, 7) is 0.238. The highest BCUT2D eigenvalue weighted by atomic mass is 32.2. The molecular weight excluding hydrogens is 341 g/mol. The highest BCUT2D eigenvalue weighted by molar-refractivity contribution is 7.99. The topological polar surface area (TPSA) is 42.4 Å². The third kappa shape index (κ3) is 4.89. The molecule has 0 aliphatic heterocycles. The van der Waals surface area contributed by atoms with Crippen molar-refractivity contribution < 1.29 is 22.7 Å². The smallest absolute Gasteiger partial charge is 0.290 e. The number of thioether (sulfide) groups is 1. The molecule has 24 heavy (non-hydrogen) atoms. The highest BCUT2D eigenvalue weighted by Gasteiger charge is 2.19. The number of amides is 1. The fourth-order valence-electron chi connectivity index (χ4n) is 1.89. The molecule has 1 heterocycles. The summed E-state index contributed by atoms with van der Waals surface area (Å²) < 4.78 is 43.8. The van der Waals surface area contributed by atoms with Gasteiger partial charge >= 0.3 is 0 Å². The molecule has 0 atom stereocenters. The van der Waals surface area contributed by atoms with Crippen LogP contribution in [0.1, 0.15) is 10.4 Å². The number of rotatable bonds is 7. The van der Waals surface area contributed by atoms with Crippen molar-refractivity contribution in [3.63, 3.8) is 0 Å². The first-order chi connectivity index (χ1) is 11.5. The van der Waals surface area contributed by atoms with Gasteiger partial charge in [0.05, 0.1) is 12.1 Å². The molecule has 0 aliphatic carbocycles. The Labute approximate surface area is 141 Å². The first-order valence-corrected chi connectivity index (χ1v) is 7.89. The summed E-state index contributed by atoms with van der Waals surface area (Å²) in [6, 6.07) is 8.88. The van der Waals surface area contributed by atoms with Gasteiger partial charge in [-0.05, 0) is 36.0 Å². The molecule has 0 radical (unpaired) electrons. The van der Waals surface area contributed by atoms with E-state index >= 15 is 0 Å². The van der Waals surface area contributed by atoms with Crippen molar-refractivity contribution in [2.75, 3.05) is 20.2 Å². The number of nitrogens with zero attached hydrogens (tertiary/aromatic N) is 2. The van der Waals surface area contributed by atoms with Crippen molar-refractivity contribution in [3.8, 4) is 5.75 Å². The Bertz CT molecular complexity index is 701. The summed E-state index contributed by atoms with van der Waals surface area (Å²) in [5.74, 6) is -3.52. The summed E-state index contributed by atoms with van der Waals surface area (Å²) in [5, 5.41) is -0.0284. The molecule has 0 aliphatic rings. The second kappa shape index (κ2) is 8.58. The zero-order chi connectivity index (χ0) is 17.5. The average Bonchev–Trinajstić information content (AvgIpc) is 2.56. The number of alkyl halides is 2. The molecule has 2 aromatic rings. The molecule has 0 saturated carbocycles. The number of para-hydroxylation sites is 1. The standard InChI is InChI=1S/C16H15F3N2O2S/c1-21(9-10-23-13-7-3-2-6-12(13)17)15(22)11-5-4-8-20-14(11)24-16(18)19/h2-8,16H,9-10H2,1H3. The van der Waals surface area contributed by atoms with Gasteiger partial charge in [-0.15, -0.1) is 0 Å². The molecule has 8 heteroatoms. The molecule has 1 aromatic heterocycles. The van der Waals surface area contributed by atoms with Crippen LogP contribution in [0.4, 0.5) is 13.2 Å². The van der Waals surface area contributed by atoms with Crippen LogP contribution < -0.4 is 4.74 Å². The van der Waals surface area contributed by atoms with Crippen LogP contribution in [-0.2, 0) is 0 Å². The van der Waals surface area contributed by atoms with Crippen molar-refractivity contribution in [2.24, 2.45) is 0 Å². The first kappa shape index (κ1) is 18.1. The second-order valence-corrected chi connectivity index (χ2v) is 5.72. The Morgan fingerprint density at radius 1 is 1.29 bits per heavy atom. The van der Waals surface area contributed by atoms with Crippen LogP contribution in [-0.4, -0.2) is 41.7 Å². The molecule has 128 valence electrons. The Kier molecular flexibility index (Phi) is 6.48. The van der Waals surface area contributed by atoms with E-state index in [9.17, 15) is 18.0 Å². The number of benzene rings is 1. The van der Waals surface area contributed by atoms with Gasteiger partial charge in [0.25, 0.3) is 11.7 Å². The van der Waals surface area contributed by atoms with E-state index in [2.05, 4.69) is 4.98 Å². The SMILES string of the molecule is CN(CCOc1ccccc1F)C(=O)c1cccnc1SC(F)F. The molecule has 0 fully saturated rings. The third-order valence-corrected chi connectivity index (χ3v) is 3.80. The van der Waals surface area contributed by atoms with Crippen LogP contribution >= 0.6 is 11.8 Å². The molecular formula is C16H15F3N2O2S. The van der Waals surface area contributed by atoms with Crippen LogP contribution in [0.25, 0.3) is 0 Å². The van der Waals surface area contributed by atoms with Crippen molar-refractivity contribution in [1.29, 1.82) is 0 Å². The molecule has 0 N–H and O–H groups in total. The summed E-state index contributed by atoms with van der Waals surface area (Å²) in [5.41, 5.74) is 0.0937. The number of carbonyl (C=O) groups is 1. The fourth-order valence-corrected chi connectivity index (χ4v) is 2.47.